The van der Waals surface area contributed by atoms with Gasteiger partial charge in [0.1, 0.15) is 0 Å². The predicted octanol–water partition coefficient (Wildman–Crippen LogP) is -4.19. The number of aliphatic carboxylic acids is 2. The number of rotatable bonds is 2. The first-order chi connectivity index (χ1) is 4.54. The molecule has 0 aliphatic carbocycles. The summed E-state index contributed by atoms with van der Waals surface area (Å²) in [4.78, 5) is 18.3. The third-order valence-electron chi connectivity index (χ3n) is 0.333. The number of hydrogen-bond acceptors (Lipinski definition) is 6. The Morgan fingerprint density at radius 3 is 1.08 bits per heavy atom. The van der Waals surface area contributed by atoms with E-state index in [-0.39, 0.29) is 45.0 Å². The first-order valence-electron chi connectivity index (χ1n) is 2.34. The van der Waals surface area contributed by atoms with Crippen LogP contribution in [-0.4, -0.2) is 25.0 Å². The Bertz CT molecular complexity index is 110. The van der Waals surface area contributed by atoms with Crippen LogP contribution in [0.2, 0.25) is 0 Å². The summed E-state index contributed by atoms with van der Waals surface area (Å²) in [5, 5.41) is 18.3. The number of halogens is 1. The predicted molar refractivity (Wildman–Crippen MR) is 35.4 cm³/mol. The van der Waals surface area contributed by atoms with Crippen molar-refractivity contribution < 1.29 is 39.3 Å². The molecule has 0 radical (unpaired) electrons. The second-order valence-electron chi connectivity index (χ2n) is 1.15. The van der Waals surface area contributed by atoms with Crippen molar-refractivity contribution in [3.05, 3.63) is 0 Å². The van der Waals surface area contributed by atoms with Crippen LogP contribution in [0, 0.1) is 0 Å². The van der Waals surface area contributed by atoms with Crippen LogP contribution in [0.15, 0.2) is 0 Å². The molecule has 0 rings (SSSR count). The van der Waals surface area contributed by atoms with E-state index in [1.807, 2.05) is 0 Å². The number of hydrogen-bond donors (Lipinski definition) is 2. The second-order valence-corrected chi connectivity index (χ2v) is 1.15. The summed E-state index contributed by atoms with van der Waals surface area (Å²) in [7, 11) is 0. The van der Waals surface area contributed by atoms with Gasteiger partial charge in [-0.25, -0.2) is 0 Å². The summed E-state index contributed by atoms with van der Waals surface area (Å²) < 4.78 is 0. The Morgan fingerprint density at radius 2 is 1.08 bits per heavy atom. The Kier molecular flexibility index (Phi) is 32.1. The van der Waals surface area contributed by atoms with Crippen LogP contribution in [-0.2, 0) is 29.1 Å². The van der Waals surface area contributed by atoms with Gasteiger partial charge in [-0.3, -0.25) is 0 Å². The van der Waals surface area contributed by atoms with E-state index < -0.39 is 11.9 Å². The first-order valence-corrected chi connectivity index (χ1v) is 2.34. The van der Waals surface area contributed by atoms with Crippen LogP contribution in [0.1, 0.15) is 0 Å². The number of nitrogens with two attached hydrogens (primary N) is 2. The van der Waals surface area contributed by atoms with Crippen molar-refractivity contribution >= 4 is 24.3 Å². The maximum absolute atomic E-state index is 9.13. The van der Waals surface area contributed by atoms with E-state index in [0.29, 0.717) is 0 Å². The zero-order valence-electron chi connectivity index (χ0n) is 6.32. The molecule has 0 saturated heterocycles. The van der Waals surface area contributed by atoms with Crippen LogP contribution < -0.4 is 21.7 Å². The molecule has 0 aromatic rings. The molecule has 0 amide bonds. The normalized spacial score (nSPS) is 6.17. The smallest absolute Gasteiger partial charge is 0.549 e. The topological polar surface area (TPSA) is 132 Å². The molecular weight excluding hydrogens is 241 g/mol. The van der Waals surface area contributed by atoms with Crippen molar-refractivity contribution in [1.82, 2.24) is 0 Å². The van der Waals surface area contributed by atoms with Gasteiger partial charge in [0.2, 0.25) is 0 Å². The minimum Gasteiger partial charge on any atom is -0.549 e. The molecule has 8 heteroatoms. The molecule has 0 spiro atoms. The Morgan fingerprint density at radius 1 is 1.00 bits per heavy atom. The SMILES string of the molecule is Cl.NCC(=O)[O-].NCC(=O)[O-].[Zn+2]. The van der Waals surface area contributed by atoms with E-state index in [2.05, 4.69) is 11.5 Å². The maximum Gasteiger partial charge on any atom is 2.00 e. The second kappa shape index (κ2) is 17.0. The molecule has 0 aliphatic heterocycles. The number of carboxylic acid groups (broad SMARTS) is 2. The van der Waals surface area contributed by atoms with Gasteiger partial charge in [0, 0.05) is 13.1 Å². The van der Waals surface area contributed by atoms with E-state index in [9.17, 15) is 0 Å². The minimum atomic E-state index is -1.22. The molecule has 6 nitrogen and oxygen atoms in total. The van der Waals surface area contributed by atoms with Gasteiger partial charge in [-0.05, 0) is 0 Å². The molecule has 0 fully saturated rings. The van der Waals surface area contributed by atoms with Gasteiger partial charge < -0.3 is 31.3 Å². The fourth-order valence-corrected chi connectivity index (χ4v) is 0. The van der Waals surface area contributed by atoms with Crippen LogP contribution in [0.3, 0.4) is 0 Å². The summed E-state index contributed by atoms with van der Waals surface area (Å²) >= 11 is 0. The molecule has 0 aromatic carbocycles. The Labute approximate surface area is 88.5 Å². The van der Waals surface area contributed by atoms with Crippen molar-refractivity contribution in [3.8, 4) is 0 Å². The fraction of sp³-hybridized carbons (Fsp3) is 0.500. The monoisotopic (exact) mass is 248 g/mol. The van der Waals surface area contributed by atoms with E-state index >= 15 is 0 Å². The summed E-state index contributed by atoms with van der Waals surface area (Å²) in [6.45, 7) is -0.778. The molecule has 0 bridgehead atoms. The zero-order valence-corrected chi connectivity index (χ0v) is 10.1. The summed E-state index contributed by atoms with van der Waals surface area (Å²) in [6.07, 6.45) is 0. The molecule has 0 unspecified atom stereocenters. The van der Waals surface area contributed by atoms with E-state index in [1.165, 1.54) is 0 Å². The zero-order chi connectivity index (χ0) is 8.57. The molecule has 0 atom stereocenters. The molecule has 0 aliphatic rings. The Balaban J connectivity index is -0.0000000457. The molecular formula is C4H9ClN2O4Zn. The number of carbonyl (C=O) groups excluding carboxylic acids is 2. The van der Waals surface area contributed by atoms with Gasteiger partial charge in [-0.15, -0.1) is 12.4 Å². The average Bonchev–Trinajstić information content (AvgIpc) is 1.89. The molecule has 0 aromatic heterocycles. The van der Waals surface area contributed by atoms with Crippen LogP contribution in [0.4, 0.5) is 0 Å². The standard InChI is InChI=1S/2C2H5NO2.ClH.Zn/c2*3-1-2(4)5;;/h2*1,3H2,(H,4,5);1H;/q;;;+2/p-2. The van der Waals surface area contributed by atoms with Gasteiger partial charge in [0.15, 0.2) is 0 Å². The van der Waals surface area contributed by atoms with Crippen molar-refractivity contribution in [2.45, 2.75) is 0 Å². The third-order valence-corrected chi connectivity index (χ3v) is 0.333. The largest absolute Gasteiger partial charge is 2.00 e. The maximum atomic E-state index is 9.13. The van der Waals surface area contributed by atoms with Crippen LogP contribution in [0.5, 0.6) is 0 Å². The van der Waals surface area contributed by atoms with Crippen molar-refractivity contribution in [1.29, 1.82) is 0 Å². The van der Waals surface area contributed by atoms with Gasteiger partial charge in [-0.1, -0.05) is 0 Å². The van der Waals surface area contributed by atoms with Gasteiger partial charge in [0.25, 0.3) is 0 Å². The van der Waals surface area contributed by atoms with Crippen molar-refractivity contribution in [3.63, 3.8) is 0 Å². The average molecular weight is 250 g/mol. The van der Waals surface area contributed by atoms with Crippen LogP contribution >= 0.6 is 12.4 Å². The van der Waals surface area contributed by atoms with Gasteiger partial charge in [-0.2, -0.15) is 0 Å². The molecule has 4 N–H and O–H groups in total. The number of carbonyl (C=O) groups is 2. The summed E-state index contributed by atoms with van der Waals surface area (Å²) in [6, 6.07) is 0. The van der Waals surface area contributed by atoms with E-state index in [1.54, 1.807) is 0 Å². The van der Waals surface area contributed by atoms with Crippen molar-refractivity contribution in [2.24, 2.45) is 11.5 Å². The third kappa shape index (κ3) is 52.8. The van der Waals surface area contributed by atoms with Crippen LogP contribution in [0.25, 0.3) is 0 Å². The molecule has 0 heterocycles. The molecule has 68 valence electrons. The summed E-state index contributed by atoms with van der Waals surface area (Å²) in [5.74, 6) is -2.44. The first kappa shape index (κ1) is 22.6. The quantitative estimate of drug-likeness (QED) is 0.477. The minimum absolute atomic E-state index is 0. The number of carboxylic acids is 2. The van der Waals surface area contributed by atoms with Gasteiger partial charge >= 0.3 is 19.5 Å². The van der Waals surface area contributed by atoms with E-state index in [0.717, 1.165) is 0 Å². The Hall–Kier alpha value is -0.227. The fourth-order valence-electron chi connectivity index (χ4n) is 0. The van der Waals surface area contributed by atoms with E-state index in [4.69, 9.17) is 19.8 Å². The van der Waals surface area contributed by atoms with Crippen molar-refractivity contribution in [2.75, 3.05) is 13.1 Å². The molecule has 12 heavy (non-hydrogen) atoms. The van der Waals surface area contributed by atoms with Gasteiger partial charge in [0.05, 0.1) is 11.9 Å². The summed E-state index contributed by atoms with van der Waals surface area (Å²) in [5.41, 5.74) is 9.02. The molecule has 0 saturated carbocycles.